The second-order valence-electron chi connectivity index (χ2n) is 4.33. The molecule has 0 fully saturated rings. The van der Waals surface area contributed by atoms with Crippen LogP contribution in [0.25, 0.3) is 20.9 Å². The van der Waals surface area contributed by atoms with Crippen molar-refractivity contribution in [1.29, 1.82) is 0 Å². The van der Waals surface area contributed by atoms with Gasteiger partial charge < -0.3 is 4.90 Å². The molecule has 2 nitrogen and oxygen atoms in total. The molecule has 0 saturated heterocycles. The van der Waals surface area contributed by atoms with Crippen LogP contribution in [0.2, 0.25) is 0 Å². The Morgan fingerprint density at radius 1 is 1.24 bits per heavy atom. The highest BCUT2D eigenvalue weighted by Crippen LogP contribution is 2.41. The van der Waals surface area contributed by atoms with Crippen LogP contribution < -0.4 is 4.90 Å². The van der Waals surface area contributed by atoms with Gasteiger partial charge in [-0.25, -0.2) is 0 Å². The Morgan fingerprint density at radius 2 is 2.12 bits per heavy atom. The molecule has 0 aliphatic carbocycles. The average molecular weight is 239 g/mol. The molecule has 0 spiro atoms. The number of fused-ring (bicyclic) bond motifs is 2. The van der Waals surface area contributed by atoms with E-state index in [-0.39, 0.29) is 5.91 Å². The van der Waals surface area contributed by atoms with Crippen molar-refractivity contribution in [1.82, 2.24) is 0 Å². The van der Waals surface area contributed by atoms with Crippen molar-refractivity contribution < 1.29 is 4.79 Å². The number of rotatable bonds is 0. The van der Waals surface area contributed by atoms with Gasteiger partial charge in [0.05, 0.1) is 11.3 Å². The van der Waals surface area contributed by atoms with Crippen LogP contribution in [0.5, 0.6) is 0 Å². The Labute approximate surface area is 102 Å². The molecule has 4 rings (SSSR count). The van der Waals surface area contributed by atoms with Crippen molar-refractivity contribution in [3.63, 3.8) is 0 Å². The van der Waals surface area contributed by atoms with E-state index < -0.39 is 0 Å². The van der Waals surface area contributed by atoms with Gasteiger partial charge in [0.1, 0.15) is 0 Å². The maximum atomic E-state index is 12.2. The van der Waals surface area contributed by atoms with Gasteiger partial charge in [0, 0.05) is 22.5 Å². The molecule has 1 aliphatic heterocycles. The second kappa shape index (κ2) is 2.87. The van der Waals surface area contributed by atoms with E-state index in [1.165, 1.54) is 15.5 Å². The quantitative estimate of drug-likeness (QED) is 0.586. The smallest absolute Gasteiger partial charge is 0.258 e. The number of hydrogen-bond donors (Lipinski definition) is 0. The zero-order chi connectivity index (χ0) is 11.6. The first-order chi connectivity index (χ1) is 8.27. The van der Waals surface area contributed by atoms with Crippen LogP contribution in [-0.4, -0.2) is 13.0 Å². The Morgan fingerprint density at radius 3 is 3.00 bits per heavy atom. The SMILES string of the molecule is CN1C(=O)c2cc3ccsc3c3cccc1c23. The number of carbonyl (C=O) groups is 1. The first kappa shape index (κ1) is 9.19. The number of nitrogens with zero attached hydrogens (tertiary/aromatic N) is 1. The third kappa shape index (κ3) is 0.977. The van der Waals surface area contributed by atoms with Crippen molar-refractivity contribution in [2.45, 2.75) is 0 Å². The van der Waals surface area contributed by atoms with E-state index in [9.17, 15) is 4.79 Å². The molecule has 0 bridgehead atoms. The average Bonchev–Trinajstić information content (AvgIpc) is 2.91. The number of hydrogen-bond acceptors (Lipinski definition) is 2. The van der Waals surface area contributed by atoms with Gasteiger partial charge >= 0.3 is 0 Å². The molecule has 0 unspecified atom stereocenters. The molecular weight excluding hydrogens is 230 g/mol. The lowest BCUT2D eigenvalue weighted by Gasteiger charge is -2.09. The van der Waals surface area contributed by atoms with Gasteiger partial charge in [-0.05, 0) is 29.0 Å². The van der Waals surface area contributed by atoms with Gasteiger partial charge in [-0.3, -0.25) is 4.79 Å². The first-order valence-corrected chi connectivity index (χ1v) is 6.36. The number of amides is 1. The molecule has 3 heteroatoms. The maximum Gasteiger partial charge on any atom is 0.258 e. The van der Waals surface area contributed by atoms with E-state index in [0.717, 1.165) is 16.6 Å². The lowest BCUT2D eigenvalue weighted by Crippen LogP contribution is -2.20. The van der Waals surface area contributed by atoms with Gasteiger partial charge in [-0.1, -0.05) is 12.1 Å². The summed E-state index contributed by atoms with van der Waals surface area (Å²) in [5.74, 6) is 0.101. The largest absolute Gasteiger partial charge is 0.311 e. The normalized spacial score (nSPS) is 14.2. The number of anilines is 1. The maximum absolute atomic E-state index is 12.2. The summed E-state index contributed by atoms with van der Waals surface area (Å²) in [7, 11) is 1.84. The summed E-state index contributed by atoms with van der Waals surface area (Å²) in [6, 6.07) is 10.2. The number of benzene rings is 2. The summed E-state index contributed by atoms with van der Waals surface area (Å²) < 4.78 is 1.27. The van der Waals surface area contributed by atoms with Crippen molar-refractivity contribution in [2.24, 2.45) is 0 Å². The fourth-order valence-electron chi connectivity index (χ4n) is 2.63. The molecule has 2 heterocycles. The zero-order valence-corrected chi connectivity index (χ0v) is 10.0. The highest BCUT2D eigenvalue weighted by Gasteiger charge is 2.27. The van der Waals surface area contributed by atoms with Gasteiger partial charge in [-0.15, -0.1) is 11.3 Å². The van der Waals surface area contributed by atoms with Crippen LogP contribution in [0.15, 0.2) is 35.7 Å². The second-order valence-corrected chi connectivity index (χ2v) is 5.24. The third-order valence-corrected chi connectivity index (χ3v) is 4.41. The fourth-order valence-corrected chi connectivity index (χ4v) is 3.54. The molecule has 1 aromatic heterocycles. The monoisotopic (exact) mass is 239 g/mol. The molecule has 17 heavy (non-hydrogen) atoms. The summed E-state index contributed by atoms with van der Waals surface area (Å²) in [4.78, 5) is 13.9. The van der Waals surface area contributed by atoms with Gasteiger partial charge in [-0.2, -0.15) is 0 Å². The summed E-state index contributed by atoms with van der Waals surface area (Å²) in [6.45, 7) is 0. The highest BCUT2D eigenvalue weighted by molar-refractivity contribution is 7.18. The van der Waals surface area contributed by atoms with Gasteiger partial charge in [0.25, 0.3) is 5.91 Å². The van der Waals surface area contributed by atoms with Gasteiger partial charge in [0.15, 0.2) is 0 Å². The third-order valence-electron chi connectivity index (χ3n) is 3.45. The number of carbonyl (C=O) groups excluding carboxylic acids is 1. The molecule has 2 aromatic carbocycles. The Kier molecular flexibility index (Phi) is 1.55. The lowest BCUT2D eigenvalue weighted by molar-refractivity contribution is 0.0999. The minimum atomic E-state index is 0.101. The van der Waals surface area contributed by atoms with E-state index in [1.54, 1.807) is 16.2 Å². The fraction of sp³-hybridized carbons (Fsp3) is 0.0714. The molecule has 1 amide bonds. The molecule has 1 aliphatic rings. The van der Waals surface area contributed by atoms with E-state index in [0.29, 0.717) is 0 Å². The predicted molar refractivity (Wildman–Crippen MR) is 72.1 cm³/mol. The lowest BCUT2D eigenvalue weighted by atomic mass is 10.0. The molecule has 0 atom stereocenters. The van der Waals surface area contributed by atoms with Crippen LogP contribution in [0.1, 0.15) is 10.4 Å². The van der Waals surface area contributed by atoms with Crippen LogP contribution in [0.4, 0.5) is 5.69 Å². The zero-order valence-electron chi connectivity index (χ0n) is 9.23. The molecule has 0 saturated carbocycles. The first-order valence-electron chi connectivity index (χ1n) is 5.48. The highest BCUT2D eigenvalue weighted by atomic mass is 32.1. The minimum absolute atomic E-state index is 0.101. The molecule has 3 aromatic rings. The van der Waals surface area contributed by atoms with Crippen LogP contribution in [0, 0.1) is 0 Å². The summed E-state index contributed by atoms with van der Waals surface area (Å²) in [6.07, 6.45) is 0. The van der Waals surface area contributed by atoms with Gasteiger partial charge in [0.2, 0.25) is 0 Å². The van der Waals surface area contributed by atoms with E-state index in [1.807, 2.05) is 25.2 Å². The summed E-state index contributed by atoms with van der Waals surface area (Å²) in [5.41, 5.74) is 1.86. The standard InChI is InChI=1S/C14H9NOS/c1-15-11-4-2-3-9-12(11)10(14(15)16)7-8-5-6-17-13(8)9/h2-7H,1H3. The number of thiophene rings is 1. The van der Waals surface area contributed by atoms with Crippen molar-refractivity contribution in [2.75, 3.05) is 11.9 Å². The Balaban J connectivity index is 2.35. The van der Waals surface area contributed by atoms with Crippen LogP contribution in [0.3, 0.4) is 0 Å². The molecule has 0 radical (unpaired) electrons. The molecular formula is C14H9NOS. The van der Waals surface area contributed by atoms with Crippen molar-refractivity contribution >= 4 is 43.8 Å². The Bertz CT molecular complexity index is 787. The van der Waals surface area contributed by atoms with Crippen LogP contribution in [-0.2, 0) is 0 Å². The van der Waals surface area contributed by atoms with Crippen molar-refractivity contribution in [3.05, 3.63) is 41.3 Å². The van der Waals surface area contributed by atoms with Crippen LogP contribution >= 0.6 is 11.3 Å². The van der Waals surface area contributed by atoms with E-state index >= 15 is 0 Å². The summed E-state index contributed by atoms with van der Waals surface area (Å²) >= 11 is 1.73. The van der Waals surface area contributed by atoms with Crippen molar-refractivity contribution in [3.8, 4) is 0 Å². The topological polar surface area (TPSA) is 20.3 Å². The predicted octanol–water partition coefficient (Wildman–Crippen LogP) is 3.64. The van der Waals surface area contributed by atoms with E-state index in [4.69, 9.17) is 0 Å². The molecule has 82 valence electrons. The molecule has 0 N–H and O–H groups in total. The summed E-state index contributed by atoms with van der Waals surface area (Å²) in [5, 5.41) is 5.55. The minimum Gasteiger partial charge on any atom is -0.311 e. The van der Waals surface area contributed by atoms with E-state index in [2.05, 4.69) is 17.5 Å². The Hall–Kier alpha value is -1.87.